The van der Waals surface area contributed by atoms with Crippen LogP contribution in [-0.4, -0.2) is 84.9 Å². The number of hydrogen-bond acceptors (Lipinski definition) is 5. The van der Waals surface area contributed by atoms with Gasteiger partial charge >= 0.3 is 12.2 Å². The van der Waals surface area contributed by atoms with Crippen LogP contribution in [0.3, 0.4) is 0 Å². The lowest BCUT2D eigenvalue weighted by Gasteiger charge is -2.37. The van der Waals surface area contributed by atoms with Gasteiger partial charge in [0.15, 0.2) is 11.6 Å². The number of hydrogen-bond donors (Lipinski definition) is 3. The summed E-state index contributed by atoms with van der Waals surface area (Å²) in [6.45, 7) is 1.33. The largest absolute Gasteiger partial charge is 0.394 e. The lowest BCUT2D eigenvalue weighted by atomic mass is 10.1. The van der Waals surface area contributed by atoms with E-state index in [0.717, 1.165) is 12.5 Å². The maximum Gasteiger partial charge on any atom is 0.390 e. The Morgan fingerprint density at radius 2 is 1.76 bits per heavy atom. The molecule has 2 heterocycles. The van der Waals surface area contributed by atoms with Crippen molar-refractivity contribution in [3.63, 3.8) is 0 Å². The summed E-state index contributed by atoms with van der Waals surface area (Å²) < 4.78 is 67.6. The molecule has 0 radical (unpaired) electrons. The zero-order chi connectivity index (χ0) is 29.7. The number of alkyl halides is 3. The summed E-state index contributed by atoms with van der Waals surface area (Å²) in [6.07, 6.45) is -3.75. The number of carbonyl (C=O) groups excluding carboxylic acids is 2. The van der Waals surface area contributed by atoms with Crippen molar-refractivity contribution in [3.05, 3.63) is 58.1 Å². The zero-order valence-electron chi connectivity index (χ0n) is 22.1. The van der Waals surface area contributed by atoms with E-state index in [4.69, 9.17) is 11.6 Å². The first-order valence-electron chi connectivity index (χ1n) is 13.2. The summed E-state index contributed by atoms with van der Waals surface area (Å²) in [4.78, 5) is 30.4. The van der Waals surface area contributed by atoms with Crippen molar-refractivity contribution in [1.29, 1.82) is 0 Å². The van der Waals surface area contributed by atoms with Gasteiger partial charge in [-0.25, -0.2) is 13.6 Å². The summed E-state index contributed by atoms with van der Waals surface area (Å²) in [7, 11) is 0. The Kier molecular flexibility index (Phi) is 9.92. The second kappa shape index (κ2) is 13.2. The SMILES string of the molecule is O=C(Nc1ccc(Cl)cc1N1CCN(CCC(F)(F)F)CC1)c1ccc(CNC(=O)N2CCCC2CO)c(F)c1F. The molecular weight excluding hydrogens is 573 g/mol. The predicted octanol–water partition coefficient (Wildman–Crippen LogP) is 4.61. The summed E-state index contributed by atoms with van der Waals surface area (Å²) in [5, 5.41) is 14.9. The lowest BCUT2D eigenvalue weighted by molar-refractivity contribution is -0.138. The van der Waals surface area contributed by atoms with Crippen LogP contribution in [0.25, 0.3) is 0 Å². The molecule has 0 aromatic heterocycles. The minimum atomic E-state index is -4.24. The maximum absolute atomic E-state index is 15.0. The molecule has 14 heteroatoms. The number of nitrogens with zero attached hydrogens (tertiary/aromatic N) is 3. The third-order valence-electron chi connectivity index (χ3n) is 7.32. The van der Waals surface area contributed by atoms with E-state index in [9.17, 15) is 36.6 Å². The summed E-state index contributed by atoms with van der Waals surface area (Å²) in [5.74, 6) is -3.56. The number of amides is 3. The number of likely N-dealkylation sites (tertiary alicyclic amines) is 1. The van der Waals surface area contributed by atoms with E-state index in [-0.39, 0.29) is 37.0 Å². The molecule has 3 amide bonds. The van der Waals surface area contributed by atoms with Gasteiger partial charge in [-0.1, -0.05) is 17.7 Å². The highest BCUT2D eigenvalue weighted by atomic mass is 35.5. The summed E-state index contributed by atoms with van der Waals surface area (Å²) >= 11 is 6.16. The van der Waals surface area contributed by atoms with Crippen molar-refractivity contribution in [2.45, 2.75) is 38.0 Å². The van der Waals surface area contributed by atoms with Gasteiger partial charge in [-0.3, -0.25) is 9.69 Å². The first-order valence-corrected chi connectivity index (χ1v) is 13.6. The minimum absolute atomic E-state index is 0.109. The van der Waals surface area contributed by atoms with Gasteiger partial charge < -0.3 is 25.5 Å². The highest BCUT2D eigenvalue weighted by Gasteiger charge is 2.30. The minimum Gasteiger partial charge on any atom is -0.394 e. The first kappa shape index (κ1) is 30.8. The van der Waals surface area contributed by atoms with Crippen molar-refractivity contribution < 1.29 is 36.6 Å². The molecule has 3 N–H and O–H groups in total. The number of carbonyl (C=O) groups is 2. The van der Waals surface area contributed by atoms with E-state index in [1.807, 2.05) is 4.90 Å². The first-order chi connectivity index (χ1) is 19.5. The molecule has 2 aliphatic rings. The smallest absolute Gasteiger partial charge is 0.390 e. The molecule has 1 atom stereocenters. The number of aliphatic hydroxyl groups excluding tert-OH is 1. The predicted molar refractivity (Wildman–Crippen MR) is 144 cm³/mol. The fourth-order valence-corrected chi connectivity index (χ4v) is 5.19. The van der Waals surface area contributed by atoms with Gasteiger partial charge in [-0.15, -0.1) is 0 Å². The number of rotatable bonds is 8. The number of anilines is 2. The lowest BCUT2D eigenvalue weighted by Crippen LogP contribution is -2.47. The fourth-order valence-electron chi connectivity index (χ4n) is 5.03. The molecular formula is C27H31ClF5N5O3. The van der Waals surface area contributed by atoms with Crippen molar-refractivity contribution >= 4 is 34.9 Å². The van der Waals surface area contributed by atoms with Crippen LogP contribution in [0.4, 0.5) is 38.1 Å². The molecule has 2 aromatic carbocycles. The van der Waals surface area contributed by atoms with Crippen molar-refractivity contribution in [2.24, 2.45) is 0 Å². The molecule has 2 aromatic rings. The van der Waals surface area contributed by atoms with Gasteiger partial charge in [-0.2, -0.15) is 13.2 Å². The van der Waals surface area contributed by atoms with Crippen LogP contribution in [0.5, 0.6) is 0 Å². The number of aliphatic hydroxyl groups is 1. The van der Waals surface area contributed by atoms with Gasteiger partial charge in [0, 0.05) is 56.4 Å². The Morgan fingerprint density at radius 3 is 2.44 bits per heavy atom. The normalized spacial score (nSPS) is 18.1. The van der Waals surface area contributed by atoms with Crippen molar-refractivity contribution in [2.75, 3.05) is 56.1 Å². The van der Waals surface area contributed by atoms with Crippen molar-refractivity contribution in [3.8, 4) is 0 Å². The number of nitrogens with one attached hydrogen (secondary N) is 2. The van der Waals surface area contributed by atoms with Crippen LogP contribution in [0, 0.1) is 11.6 Å². The van der Waals surface area contributed by atoms with Gasteiger partial charge in [0.2, 0.25) is 0 Å². The van der Waals surface area contributed by atoms with E-state index in [1.54, 1.807) is 11.0 Å². The topological polar surface area (TPSA) is 88.2 Å². The van der Waals surface area contributed by atoms with Gasteiger partial charge in [0.25, 0.3) is 5.91 Å². The third kappa shape index (κ3) is 7.77. The number of piperazine rings is 1. The summed E-state index contributed by atoms with van der Waals surface area (Å²) in [5.41, 5.74) is 0.0889. The molecule has 2 saturated heterocycles. The van der Waals surface area contributed by atoms with Gasteiger partial charge in [0.1, 0.15) is 0 Å². The average molecular weight is 604 g/mol. The molecule has 0 saturated carbocycles. The second-order valence-corrected chi connectivity index (χ2v) is 10.5. The Hall–Kier alpha value is -3.16. The molecule has 0 spiro atoms. The third-order valence-corrected chi connectivity index (χ3v) is 7.55. The van der Waals surface area contributed by atoms with E-state index in [1.165, 1.54) is 23.1 Å². The van der Waals surface area contributed by atoms with Crippen LogP contribution in [0.1, 0.15) is 35.2 Å². The van der Waals surface area contributed by atoms with Crippen LogP contribution in [0.15, 0.2) is 30.3 Å². The Balaban J connectivity index is 1.41. The molecule has 41 heavy (non-hydrogen) atoms. The zero-order valence-corrected chi connectivity index (χ0v) is 22.9. The number of benzene rings is 2. The molecule has 0 bridgehead atoms. The van der Waals surface area contributed by atoms with E-state index in [2.05, 4.69) is 10.6 Å². The van der Waals surface area contributed by atoms with Crippen LogP contribution < -0.4 is 15.5 Å². The van der Waals surface area contributed by atoms with E-state index >= 15 is 0 Å². The quantitative estimate of drug-likeness (QED) is 0.384. The van der Waals surface area contributed by atoms with E-state index in [0.29, 0.717) is 49.9 Å². The Morgan fingerprint density at radius 1 is 1.02 bits per heavy atom. The summed E-state index contributed by atoms with van der Waals surface area (Å²) in [6, 6.07) is 6.14. The van der Waals surface area contributed by atoms with Crippen LogP contribution >= 0.6 is 11.6 Å². The average Bonchev–Trinajstić information content (AvgIpc) is 3.42. The highest BCUT2D eigenvalue weighted by Crippen LogP contribution is 2.31. The maximum atomic E-state index is 15.0. The molecule has 2 aliphatic heterocycles. The Labute approximate surface area is 239 Å². The number of urea groups is 1. The van der Waals surface area contributed by atoms with Crippen LogP contribution in [0.2, 0.25) is 5.02 Å². The molecule has 1 unspecified atom stereocenters. The van der Waals surface area contributed by atoms with Gasteiger partial charge in [0.05, 0.1) is 36.0 Å². The molecule has 224 valence electrons. The number of halogens is 6. The highest BCUT2D eigenvalue weighted by molar-refractivity contribution is 6.31. The van der Waals surface area contributed by atoms with Crippen LogP contribution in [-0.2, 0) is 6.54 Å². The van der Waals surface area contributed by atoms with E-state index < -0.39 is 41.7 Å². The molecule has 4 rings (SSSR count). The molecule has 8 nitrogen and oxygen atoms in total. The van der Waals surface area contributed by atoms with Crippen molar-refractivity contribution in [1.82, 2.24) is 15.1 Å². The molecule has 0 aliphatic carbocycles. The molecule has 2 fully saturated rings. The monoisotopic (exact) mass is 603 g/mol. The Bertz CT molecular complexity index is 1260. The second-order valence-electron chi connectivity index (χ2n) is 10.0. The standard InChI is InChI=1S/C27H31ClF5N5O3/c28-18-4-6-21(22(14-18)37-12-10-36(11-13-37)9-7-27(31,32)33)35-25(40)20-5-3-17(23(29)24(20)30)15-34-26(41)38-8-1-2-19(38)16-39/h3-6,14,19,39H,1-2,7-13,15-16H2,(H,34,41)(H,35,40). The fraction of sp³-hybridized carbons (Fsp3) is 0.481. The van der Waals surface area contributed by atoms with Gasteiger partial charge in [-0.05, 0) is 37.1 Å².